The third-order valence-corrected chi connectivity index (χ3v) is 6.24. The molecule has 0 radical (unpaired) electrons. The quantitative estimate of drug-likeness (QED) is 0.476. The Morgan fingerprint density at radius 3 is 2.40 bits per heavy atom. The Labute approximate surface area is 206 Å². The van der Waals surface area contributed by atoms with Crippen LogP contribution in [0.25, 0.3) is 0 Å². The number of carbonyl (C=O) groups is 2. The zero-order valence-electron chi connectivity index (χ0n) is 21.0. The van der Waals surface area contributed by atoms with E-state index in [9.17, 15) is 14.0 Å². The molecule has 1 fully saturated rings. The van der Waals surface area contributed by atoms with Crippen LogP contribution in [-0.2, 0) is 27.3 Å². The molecule has 2 atom stereocenters. The monoisotopic (exact) mass is 486 g/mol. The Kier molecular flexibility index (Phi) is 9.48. The standard InChI is InChI=1S/C27H35FN2O5/c1-5-34-27(32)13-9-21-8-12-24(25(14-21)33-4)35-18-26(31)30-16-19(2)29(15-20(30)3)17-22-6-10-23(28)11-7-22/h6-8,10-12,14,19-20H,5,9,13,15-18H2,1-4H3. The summed E-state index contributed by atoms with van der Waals surface area (Å²) in [6.45, 7) is 8.21. The molecule has 3 rings (SSSR count). The number of hydrogen-bond acceptors (Lipinski definition) is 6. The molecule has 2 unspecified atom stereocenters. The minimum atomic E-state index is -0.242. The lowest BCUT2D eigenvalue weighted by Crippen LogP contribution is -2.58. The Bertz CT molecular complexity index is 998. The molecule has 2 aromatic rings. The highest BCUT2D eigenvalue weighted by molar-refractivity contribution is 5.78. The van der Waals surface area contributed by atoms with E-state index in [-0.39, 0.29) is 36.4 Å². The molecule has 2 aromatic carbocycles. The zero-order chi connectivity index (χ0) is 25.4. The highest BCUT2D eigenvalue weighted by Crippen LogP contribution is 2.29. The van der Waals surface area contributed by atoms with Crippen molar-refractivity contribution in [3.63, 3.8) is 0 Å². The average molecular weight is 487 g/mol. The Hall–Kier alpha value is -3.13. The summed E-state index contributed by atoms with van der Waals surface area (Å²) in [5.41, 5.74) is 1.97. The van der Waals surface area contributed by atoms with E-state index in [2.05, 4.69) is 11.8 Å². The van der Waals surface area contributed by atoms with Gasteiger partial charge >= 0.3 is 5.97 Å². The van der Waals surface area contributed by atoms with Gasteiger partial charge in [0.25, 0.3) is 5.91 Å². The van der Waals surface area contributed by atoms with Crippen LogP contribution in [0.4, 0.5) is 4.39 Å². The molecule has 1 aliphatic rings. The summed E-state index contributed by atoms with van der Waals surface area (Å²) in [6.07, 6.45) is 0.824. The van der Waals surface area contributed by atoms with E-state index in [4.69, 9.17) is 14.2 Å². The number of esters is 1. The molecule has 1 saturated heterocycles. The van der Waals surface area contributed by atoms with Gasteiger partial charge in [0.2, 0.25) is 0 Å². The molecule has 0 aromatic heterocycles. The smallest absolute Gasteiger partial charge is 0.306 e. The maximum absolute atomic E-state index is 13.2. The number of carbonyl (C=O) groups excluding carboxylic acids is 2. The summed E-state index contributed by atoms with van der Waals surface area (Å²) in [7, 11) is 1.54. The van der Waals surface area contributed by atoms with E-state index in [0.717, 1.165) is 17.7 Å². The molecule has 0 N–H and O–H groups in total. The summed E-state index contributed by atoms with van der Waals surface area (Å²) < 4.78 is 29.4. The molecule has 7 nitrogen and oxygen atoms in total. The van der Waals surface area contributed by atoms with Crippen molar-refractivity contribution >= 4 is 11.9 Å². The predicted octanol–water partition coefficient (Wildman–Crippen LogP) is 3.83. The topological polar surface area (TPSA) is 68.3 Å². The van der Waals surface area contributed by atoms with Gasteiger partial charge in [-0.15, -0.1) is 0 Å². The molecule has 0 bridgehead atoms. The van der Waals surface area contributed by atoms with E-state index >= 15 is 0 Å². The van der Waals surface area contributed by atoms with E-state index in [0.29, 0.717) is 44.0 Å². The van der Waals surface area contributed by atoms with Gasteiger partial charge in [-0.2, -0.15) is 0 Å². The van der Waals surface area contributed by atoms with Crippen molar-refractivity contribution in [2.45, 2.75) is 52.2 Å². The fraction of sp³-hybridized carbons (Fsp3) is 0.481. The van der Waals surface area contributed by atoms with E-state index in [1.54, 1.807) is 32.2 Å². The summed E-state index contributed by atoms with van der Waals surface area (Å²) in [4.78, 5) is 28.7. The van der Waals surface area contributed by atoms with Crippen LogP contribution in [-0.4, -0.2) is 67.2 Å². The molecular formula is C27H35FN2O5. The third kappa shape index (κ3) is 7.42. The molecule has 1 aliphatic heterocycles. The molecule has 0 saturated carbocycles. The number of ether oxygens (including phenoxy) is 3. The molecule has 0 aliphatic carbocycles. The first kappa shape index (κ1) is 26.5. The van der Waals surface area contributed by atoms with Gasteiger partial charge in [-0.1, -0.05) is 18.2 Å². The van der Waals surface area contributed by atoms with Gasteiger partial charge in [0.1, 0.15) is 5.82 Å². The normalized spacial score (nSPS) is 18.3. The second kappa shape index (κ2) is 12.5. The Morgan fingerprint density at radius 1 is 1.00 bits per heavy atom. The SMILES string of the molecule is CCOC(=O)CCc1ccc(OCC(=O)N2CC(C)N(Cc3ccc(F)cc3)CC2C)c(OC)c1. The van der Waals surface area contributed by atoms with Gasteiger partial charge in [-0.25, -0.2) is 4.39 Å². The number of benzene rings is 2. The van der Waals surface area contributed by atoms with Crippen molar-refractivity contribution < 1.29 is 28.2 Å². The minimum Gasteiger partial charge on any atom is -0.493 e. The van der Waals surface area contributed by atoms with Crippen LogP contribution in [0.5, 0.6) is 11.5 Å². The number of methoxy groups -OCH3 is 1. The highest BCUT2D eigenvalue weighted by atomic mass is 19.1. The van der Waals surface area contributed by atoms with Crippen molar-refractivity contribution in [2.75, 3.05) is 33.4 Å². The molecular weight excluding hydrogens is 451 g/mol. The zero-order valence-corrected chi connectivity index (χ0v) is 21.0. The van der Waals surface area contributed by atoms with Crippen molar-refractivity contribution in [1.29, 1.82) is 0 Å². The fourth-order valence-electron chi connectivity index (χ4n) is 4.28. The second-order valence-corrected chi connectivity index (χ2v) is 8.88. The molecule has 190 valence electrons. The summed E-state index contributed by atoms with van der Waals surface area (Å²) >= 11 is 0. The summed E-state index contributed by atoms with van der Waals surface area (Å²) in [5, 5.41) is 0. The highest BCUT2D eigenvalue weighted by Gasteiger charge is 2.32. The fourth-order valence-corrected chi connectivity index (χ4v) is 4.28. The van der Waals surface area contributed by atoms with Crippen LogP contribution in [0.2, 0.25) is 0 Å². The maximum Gasteiger partial charge on any atom is 0.306 e. The maximum atomic E-state index is 13.2. The molecule has 1 heterocycles. The Balaban J connectivity index is 1.54. The molecule has 0 spiro atoms. The van der Waals surface area contributed by atoms with Gasteiger partial charge in [-0.3, -0.25) is 14.5 Å². The van der Waals surface area contributed by atoms with Crippen molar-refractivity contribution in [3.8, 4) is 11.5 Å². The number of aryl methyl sites for hydroxylation is 1. The first-order valence-corrected chi connectivity index (χ1v) is 12.0. The lowest BCUT2D eigenvalue weighted by atomic mass is 10.1. The van der Waals surface area contributed by atoms with E-state index in [1.807, 2.05) is 24.0 Å². The van der Waals surface area contributed by atoms with Crippen LogP contribution < -0.4 is 9.47 Å². The summed E-state index contributed by atoms with van der Waals surface area (Å²) in [5.74, 6) is 0.437. The number of amides is 1. The van der Waals surface area contributed by atoms with Crippen LogP contribution >= 0.6 is 0 Å². The van der Waals surface area contributed by atoms with Crippen LogP contribution in [0.1, 0.15) is 38.3 Å². The molecule has 1 amide bonds. The predicted molar refractivity (Wildman–Crippen MR) is 131 cm³/mol. The van der Waals surface area contributed by atoms with E-state index < -0.39 is 0 Å². The number of halogens is 1. The second-order valence-electron chi connectivity index (χ2n) is 8.88. The lowest BCUT2D eigenvalue weighted by molar-refractivity contribution is -0.143. The van der Waals surface area contributed by atoms with Crippen LogP contribution in [0.15, 0.2) is 42.5 Å². The van der Waals surface area contributed by atoms with E-state index in [1.165, 1.54) is 12.1 Å². The van der Waals surface area contributed by atoms with Gasteiger partial charge < -0.3 is 19.1 Å². The van der Waals surface area contributed by atoms with Gasteiger partial charge in [-0.05, 0) is 62.6 Å². The number of hydrogen-bond donors (Lipinski definition) is 0. The van der Waals surface area contributed by atoms with Crippen LogP contribution in [0.3, 0.4) is 0 Å². The van der Waals surface area contributed by atoms with Gasteiger partial charge in [0.15, 0.2) is 18.1 Å². The van der Waals surface area contributed by atoms with Crippen molar-refractivity contribution in [3.05, 3.63) is 59.4 Å². The number of rotatable bonds is 10. The Morgan fingerprint density at radius 2 is 1.71 bits per heavy atom. The first-order valence-electron chi connectivity index (χ1n) is 12.0. The third-order valence-electron chi connectivity index (χ3n) is 6.24. The lowest BCUT2D eigenvalue weighted by Gasteiger charge is -2.44. The summed E-state index contributed by atoms with van der Waals surface area (Å²) in [6, 6.07) is 12.2. The van der Waals surface area contributed by atoms with Crippen LogP contribution in [0, 0.1) is 5.82 Å². The average Bonchev–Trinajstić information content (AvgIpc) is 2.85. The number of nitrogens with zero attached hydrogens (tertiary/aromatic N) is 2. The van der Waals surface area contributed by atoms with Crippen molar-refractivity contribution in [1.82, 2.24) is 9.80 Å². The van der Waals surface area contributed by atoms with Gasteiger partial charge in [0, 0.05) is 38.1 Å². The first-order chi connectivity index (χ1) is 16.8. The van der Waals surface area contributed by atoms with Crippen molar-refractivity contribution in [2.24, 2.45) is 0 Å². The van der Waals surface area contributed by atoms with Gasteiger partial charge in [0.05, 0.1) is 13.7 Å². The molecule has 8 heteroatoms. The minimum absolute atomic E-state index is 0.0231. The molecule has 35 heavy (non-hydrogen) atoms. The number of piperazine rings is 1. The largest absolute Gasteiger partial charge is 0.493 e.